The molecule has 1 unspecified atom stereocenters. The van der Waals surface area contributed by atoms with Gasteiger partial charge in [-0.2, -0.15) is 0 Å². The third kappa shape index (κ3) is 4.12. The average molecular weight is 344 g/mol. The maximum Gasteiger partial charge on any atom is 0.308 e. The third-order valence-electron chi connectivity index (χ3n) is 5.13. The number of fused-ring (bicyclic) bond motifs is 1. The molecule has 0 saturated heterocycles. The van der Waals surface area contributed by atoms with E-state index in [1.165, 1.54) is 6.92 Å². The number of carbonyl (C=O) groups excluding carboxylic acids is 2. The lowest BCUT2D eigenvalue weighted by Crippen LogP contribution is -2.37. The van der Waals surface area contributed by atoms with Crippen molar-refractivity contribution in [1.82, 2.24) is 0 Å². The van der Waals surface area contributed by atoms with Crippen LogP contribution in [0.25, 0.3) is 0 Å². The highest BCUT2D eigenvalue weighted by Gasteiger charge is 2.34. The number of rotatable bonds is 5. The first kappa shape index (κ1) is 19.2. The Kier molecular flexibility index (Phi) is 5.71. The Labute approximate surface area is 150 Å². The lowest BCUT2D eigenvalue weighted by atomic mass is 9.85. The summed E-state index contributed by atoms with van der Waals surface area (Å²) in [5, 5.41) is 0. The van der Waals surface area contributed by atoms with Crippen LogP contribution >= 0.6 is 0 Å². The van der Waals surface area contributed by atoms with Gasteiger partial charge in [-0.15, -0.1) is 0 Å². The molecular weight excluding hydrogens is 316 g/mol. The third-order valence-corrected chi connectivity index (χ3v) is 5.13. The van der Waals surface area contributed by atoms with Gasteiger partial charge in [0.1, 0.15) is 23.4 Å². The van der Waals surface area contributed by atoms with Crippen LogP contribution in [0.1, 0.15) is 62.3 Å². The van der Waals surface area contributed by atoms with Gasteiger partial charge >= 0.3 is 5.97 Å². The average Bonchev–Trinajstić information content (AvgIpc) is 2.56. The van der Waals surface area contributed by atoms with Crippen LogP contribution in [0.4, 0.5) is 0 Å². The Morgan fingerprint density at radius 2 is 1.88 bits per heavy atom. The molecule has 25 heavy (non-hydrogen) atoms. The first-order valence-corrected chi connectivity index (χ1v) is 8.80. The fourth-order valence-electron chi connectivity index (χ4n) is 3.41. The van der Waals surface area contributed by atoms with E-state index in [2.05, 4.69) is 6.92 Å². The first-order valence-electron chi connectivity index (χ1n) is 8.80. The lowest BCUT2D eigenvalue weighted by molar-refractivity contribution is -0.132. The van der Waals surface area contributed by atoms with Gasteiger partial charge in [0.2, 0.25) is 0 Å². The van der Waals surface area contributed by atoms with Crippen LogP contribution in [-0.4, -0.2) is 17.9 Å². The quantitative estimate of drug-likeness (QED) is 0.340. The Hall–Kier alpha value is -2.10. The van der Waals surface area contributed by atoms with E-state index in [-0.39, 0.29) is 11.6 Å². The van der Waals surface area contributed by atoms with Gasteiger partial charge in [0.15, 0.2) is 0 Å². The van der Waals surface area contributed by atoms with Crippen LogP contribution in [0.2, 0.25) is 0 Å². The molecule has 1 aliphatic heterocycles. The lowest BCUT2D eigenvalue weighted by Gasteiger charge is -2.38. The molecule has 0 aliphatic carbocycles. The van der Waals surface area contributed by atoms with Crippen molar-refractivity contribution in [3.8, 4) is 11.5 Å². The van der Waals surface area contributed by atoms with Gasteiger partial charge in [0, 0.05) is 12.5 Å². The molecule has 1 heterocycles. The van der Waals surface area contributed by atoms with Crippen LogP contribution in [-0.2, 0) is 16.0 Å². The number of ether oxygens (including phenoxy) is 2. The van der Waals surface area contributed by atoms with E-state index in [1.807, 2.05) is 33.8 Å². The number of carbonyl (C=O) groups is 2. The minimum Gasteiger partial charge on any atom is -0.487 e. The Bertz CT molecular complexity index is 730. The van der Waals surface area contributed by atoms with Crippen molar-refractivity contribution < 1.29 is 19.1 Å². The molecule has 0 radical (unpaired) electrons. The predicted octanol–water partition coefficient (Wildman–Crippen LogP) is 4.55. The molecular formula is C21H28O4. The topological polar surface area (TPSA) is 52.6 Å². The molecule has 0 N–H and O–H groups in total. The number of aldehydes is 1. The summed E-state index contributed by atoms with van der Waals surface area (Å²) in [4.78, 5) is 22.1. The molecule has 2 rings (SSSR count). The van der Waals surface area contributed by atoms with Crippen molar-refractivity contribution in [2.45, 2.75) is 72.8 Å². The van der Waals surface area contributed by atoms with Gasteiger partial charge in [-0.25, -0.2) is 0 Å². The fourth-order valence-corrected chi connectivity index (χ4v) is 3.41. The summed E-state index contributed by atoms with van der Waals surface area (Å²) < 4.78 is 11.9. The van der Waals surface area contributed by atoms with E-state index >= 15 is 0 Å². The SMILES string of the molecule is CC(=O)Oc1c(C)c(C)c2c(c1C)CCC(C)(CC/C=C(\C)C=O)O2. The molecule has 0 bridgehead atoms. The second-order valence-corrected chi connectivity index (χ2v) is 7.26. The van der Waals surface area contributed by atoms with Crippen molar-refractivity contribution >= 4 is 12.3 Å². The highest BCUT2D eigenvalue weighted by Crippen LogP contribution is 2.44. The van der Waals surface area contributed by atoms with Gasteiger partial charge in [0.25, 0.3) is 0 Å². The first-order chi connectivity index (χ1) is 11.7. The second kappa shape index (κ2) is 7.42. The van der Waals surface area contributed by atoms with Crippen molar-refractivity contribution in [1.29, 1.82) is 0 Å². The monoisotopic (exact) mass is 344 g/mol. The maximum absolute atomic E-state index is 11.4. The number of benzene rings is 1. The molecule has 0 saturated carbocycles. The highest BCUT2D eigenvalue weighted by atomic mass is 16.5. The minimum absolute atomic E-state index is 0.251. The van der Waals surface area contributed by atoms with Crippen LogP contribution in [0.3, 0.4) is 0 Å². The molecule has 136 valence electrons. The van der Waals surface area contributed by atoms with E-state index in [9.17, 15) is 9.59 Å². The van der Waals surface area contributed by atoms with Gasteiger partial charge in [-0.3, -0.25) is 9.59 Å². The molecule has 4 nitrogen and oxygen atoms in total. The molecule has 1 aromatic rings. The highest BCUT2D eigenvalue weighted by molar-refractivity contribution is 5.72. The van der Waals surface area contributed by atoms with E-state index in [0.717, 1.165) is 65.5 Å². The van der Waals surface area contributed by atoms with E-state index in [0.29, 0.717) is 5.75 Å². The predicted molar refractivity (Wildman–Crippen MR) is 98.4 cm³/mol. The van der Waals surface area contributed by atoms with Gasteiger partial charge in [-0.1, -0.05) is 6.08 Å². The molecule has 0 aromatic heterocycles. The van der Waals surface area contributed by atoms with Crippen LogP contribution in [0, 0.1) is 20.8 Å². The van der Waals surface area contributed by atoms with Gasteiger partial charge in [0.05, 0.1) is 0 Å². The summed E-state index contributed by atoms with van der Waals surface area (Å²) in [6, 6.07) is 0. The van der Waals surface area contributed by atoms with Gasteiger partial charge in [-0.05, 0) is 82.6 Å². The zero-order valence-electron chi connectivity index (χ0n) is 16.1. The minimum atomic E-state index is -0.301. The summed E-state index contributed by atoms with van der Waals surface area (Å²) in [5.74, 6) is 1.29. The van der Waals surface area contributed by atoms with Crippen molar-refractivity contribution in [3.05, 3.63) is 33.9 Å². The maximum atomic E-state index is 11.4. The molecule has 4 heteroatoms. The summed E-state index contributed by atoms with van der Waals surface area (Å²) in [6.45, 7) is 11.3. The Balaban J connectivity index is 2.31. The fraction of sp³-hybridized carbons (Fsp3) is 0.524. The van der Waals surface area contributed by atoms with Gasteiger partial charge < -0.3 is 9.47 Å². The van der Waals surface area contributed by atoms with Crippen LogP contribution < -0.4 is 9.47 Å². The van der Waals surface area contributed by atoms with Crippen molar-refractivity contribution in [2.75, 3.05) is 0 Å². The molecule has 0 fully saturated rings. The Morgan fingerprint density at radius 1 is 1.20 bits per heavy atom. The zero-order valence-corrected chi connectivity index (χ0v) is 16.1. The Morgan fingerprint density at radius 3 is 2.48 bits per heavy atom. The molecule has 1 aromatic carbocycles. The standard InChI is InChI=1S/C21H28O4/c1-13(12-22)8-7-10-21(6)11-9-18-16(4)19(24-17(5)23)14(2)15(3)20(18)25-21/h8,12H,7,9-11H2,1-6H3/b13-8+. The second-order valence-electron chi connectivity index (χ2n) is 7.26. The summed E-state index contributed by atoms with van der Waals surface area (Å²) in [7, 11) is 0. The summed E-state index contributed by atoms with van der Waals surface area (Å²) in [6.07, 6.45) is 6.32. The summed E-state index contributed by atoms with van der Waals surface area (Å²) in [5.41, 5.74) is 4.62. The van der Waals surface area contributed by atoms with E-state index in [4.69, 9.17) is 9.47 Å². The van der Waals surface area contributed by atoms with Crippen LogP contribution in [0.5, 0.6) is 11.5 Å². The molecule has 0 spiro atoms. The normalized spacial score (nSPS) is 19.8. The largest absolute Gasteiger partial charge is 0.487 e. The number of hydrogen-bond donors (Lipinski definition) is 0. The zero-order chi connectivity index (χ0) is 18.8. The van der Waals surface area contributed by atoms with Crippen molar-refractivity contribution in [2.24, 2.45) is 0 Å². The van der Waals surface area contributed by atoms with E-state index in [1.54, 1.807) is 0 Å². The van der Waals surface area contributed by atoms with E-state index < -0.39 is 0 Å². The van der Waals surface area contributed by atoms with Crippen molar-refractivity contribution in [3.63, 3.8) is 0 Å². The van der Waals surface area contributed by atoms with Crippen LogP contribution in [0.15, 0.2) is 11.6 Å². The number of allylic oxidation sites excluding steroid dienone is 2. The number of esters is 1. The molecule has 1 atom stereocenters. The smallest absolute Gasteiger partial charge is 0.308 e. The number of hydrogen-bond acceptors (Lipinski definition) is 4. The molecule has 0 amide bonds. The summed E-state index contributed by atoms with van der Waals surface area (Å²) >= 11 is 0. The molecule has 1 aliphatic rings.